The summed E-state index contributed by atoms with van der Waals surface area (Å²) in [5, 5.41) is 12.0. The number of hydrogen-bond donors (Lipinski definition) is 2. The highest BCUT2D eigenvalue weighted by molar-refractivity contribution is 7.09. The smallest absolute Gasteiger partial charge is 0.257 e. The number of ether oxygens (including phenoxy) is 1. The highest BCUT2D eigenvalue weighted by atomic mass is 32.1. The summed E-state index contributed by atoms with van der Waals surface area (Å²) in [5.74, 6) is 0.0505. The van der Waals surface area contributed by atoms with Crippen LogP contribution >= 0.6 is 11.5 Å². The van der Waals surface area contributed by atoms with Crippen LogP contribution in [0.2, 0.25) is 0 Å². The zero-order chi connectivity index (χ0) is 10.6. The Hall–Kier alpha value is -1.05. The SMILES string of the molecule is COCC(O)C(=O)Nc1nc(C)ns1. The average molecular weight is 217 g/mol. The van der Waals surface area contributed by atoms with Crippen molar-refractivity contribution in [2.75, 3.05) is 19.0 Å². The summed E-state index contributed by atoms with van der Waals surface area (Å²) in [6.07, 6.45) is -1.18. The van der Waals surface area contributed by atoms with E-state index in [2.05, 4.69) is 19.4 Å². The molecule has 14 heavy (non-hydrogen) atoms. The molecule has 0 aliphatic carbocycles. The van der Waals surface area contributed by atoms with Crippen LogP contribution in [0.25, 0.3) is 0 Å². The highest BCUT2D eigenvalue weighted by Crippen LogP contribution is 2.10. The van der Waals surface area contributed by atoms with Gasteiger partial charge in [0.1, 0.15) is 5.82 Å². The molecule has 0 fully saturated rings. The molecule has 1 heterocycles. The molecule has 6 nitrogen and oxygen atoms in total. The van der Waals surface area contributed by atoms with Crippen LogP contribution in [0.15, 0.2) is 0 Å². The molecule has 0 aliphatic rings. The number of rotatable bonds is 4. The maximum Gasteiger partial charge on any atom is 0.257 e. The number of carbonyl (C=O) groups excluding carboxylic acids is 1. The minimum Gasteiger partial charge on any atom is -0.381 e. The van der Waals surface area contributed by atoms with Gasteiger partial charge in [0.25, 0.3) is 5.91 Å². The van der Waals surface area contributed by atoms with Crippen molar-refractivity contribution in [1.29, 1.82) is 0 Å². The van der Waals surface area contributed by atoms with E-state index in [1.165, 1.54) is 7.11 Å². The maximum atomic E-state index is 11.2. The summed E-state index contributed by atoms with van der Waals surface area (Å²) >= 11 is 1.07. The molecular weight excluding hydrogens is 206 g/mol. The van der Waals surface area contributed by atoms with Crippen molar-refractivity contribution >= 4 is 22.6 Å². The molecule has 1 atom stereocenters. The monoisotopic (exact) mass is 217 g/mol. The normalized spacial score (nSPS) is 12.5. The predicted octanol–water partition coefficient (Wildman–Crippen LogP) is -0.208. The van der Waals surface area contributed by atoms with Gasteiger partial charge in [-0.1, -0.05) is 0 Å². The summed E-state index contributed by atoms with van der Waals surface area (Å²) in [4.78, 5) is 15.1. The highest BCUT2D eigenvalue weighted by Gasteiger charge is 2.15. The van der Waals surface area contributed by atoms with Crippen molar-refractivity contribution in [3.05, 3.63) is 5.82 Å². The third-order valence-electron chi connectivity index (χ3n) is 1.38. The topological polar surface area (TPSA) is 84.3 Å². The fraction of sp³-hybridized carbons (Fsp3) is 0.571. The van der Waals surface area contributed by atoms with E-state index in [1.54, 1.807) is 6.92 Å². The summed E-state index contributed by atoms with van der Waals surface area (Å²) in [6.45, 7) is 1.68. The lowest BCUT2D eigenvalue weighted by molar-refractivity contribution is -0.126. The zero-order valence-electron chi connectivity index (χ0n) is 7.85. The lowest BCUT2D eigenvalue weighted by atomic mass is 10.3. The van der Waals surface area contributed by atoms with E-state index in [0.29, 0.717) is 11.0 Å². The largest absolute Gasteiger partial charge is 0.381 e. The Morgan fingerprint density at radius 2 is 2.50 bits per heavy atom. The minimum atomic E-state index is -1.18. The van der Waals surface area contributed by atoms with Crippen LogP contribution in [0.5, 0.6) is 0 Å². The molecule has 0 radical (unpaired) electrons. The molecule has 0 aliphatic heterocycles. The molecule has 1 aromatic heterocycles. The van der Waals surface area contributed by atoms with Crippen LogP contribution in [0.4, 0.5) is 5.13 Å². The number of aromatic nitrogens is 2. The van der Waals surface area contributed by atoms with Crippen LogP contribution in [0.3, 0.4) is 0 Å². The van der Waals surface area contributed by atoms with Gasteiger partial charge in [0.15, 0.2) is 6.10 Å². The van der Waals surface area contributed by atoms with Gasteiger partial charge in [-0.05, 0) is 6.92 Å². The van der Waals surface area contributed by atoms with Crippen LogP contribution in [-0.4, -0.2) is 40.2 Å². The fourth-order valence-corrected chi connectivity index (χ4v) is 1.35. The molecule has 0 bridgehead atoms. The minimum absolute atomic E-state index is 0.0381. The first kappa shape index (κ1) is 11.0. The van der Waals surface area contributed by atoms with E-state index in [4.69, 9.17) is 0 Å². The third-order valence-corrected chi connectivity index (χ3v) is 2.11. The van der Waals surface area contributed by atoms with Crippen molar-refractivity contribution in [3.8, 4) is 0 Å². The van der Waals surface area contributed by atoms with Crippen molar-refractivity contribution < 1.29 is 14.6 Å². The molecule has 1 rings (SSSR count). The van der Waals surface area contributed by atoms with E-state index in [1.807, 2.05) is 0 Å². The average Bonchev–Trinajstić information content (AvgIpc) is 2.51. The van der Waals surface area contributed by atoms with Gasteiger partial charge in [-0.15, -0.1) is 0 Å². The zero-order valence-corrected chi connectivity index (χ0v) is 8.67. The summed E-state index contributed by atoms with van der Waals surface area (Å²) < 4.78 is 8.50. The maximum absolute atomic E-state index is 11.2. The Balaban J connectivity index is 2.48. The van der Waals surface area contributed by atoms with E-state index in [-0.39, 0.29) is 6.61 Å². The number of amides is 1. The third kappa shape index (κ3) is 3.02. The molecule has 2 N–H and O–H groups in total. The molecule has 0 saturated heterocycles. The van der Waals surface area contributed by atoms with E-state index in [9.17, 15) is 9.90 Å². The molecule has 0 aromatic carbocycles. The van der Waals surface area contributed by atoms with Gasteiger partial charge >= 0.3 is 0 Å². The van der Waals surface area contributed by atoms with Crippen LogP contribution in [-0.2, 0) is 9.53 Å². The number of hydrogen-bond acceptors (Lipinski definition) is 6. The number of aryl methyl sites for hydroxylation is 1. The summed E-state index contributed by atoms with van der Waals surface area (Å²) in [6, 6.07) is 0. The van der Waals surface area contributed by atoms with Crippen molar-refractivity contribution in [3.63, 3.8) is 0 Å². The molecule has 0 saturated carbocycles. The second-order valence-corrected chi connectivity index (χ2v) is 3.36. The van der Waals surface area contributed by atoms with Gasteiger partial charge in [0.05, 0.1) is 6.61 Å². The molecule has 1 unspecified atom stereocenters. The number of nitrogens with zero attached hydrogens (tertiary/aromatic N) is 2. The Morgan fingerprint density at radius 1 is 1.79 bits per heavy atom. The van der Waals surface area contributed by atoms with Crippen molar-refractivity contribution in [1.82, 2.24) is 9.36 Å². The molecule has 1 aromatic rings. The molecular formula is C7H11N3O3S. The number of anilines is 1. The van der Waals surface area contributed by atoms with Crippen LogP contribution < -0.4 is 5.32 Å². The number of carbonyl (C=O) groups is 1. The molecule has 78 valence electrons. The van der Waals surface area contributed by atoms with Gasteiger partial charge in [-0.25, -0.2) is 4.98 Å². The standard InChI is InChI=1S/C7H11N3O3S/c1-4-8-7(14-10-4)9-6(12)5(11)3-13-2/h5,11H,3H2,1-2H3,(H,8,9,10,12). The first-order valence-electron chi connectivity index (χ1n) is 3.91. The second kappa shape index (κ2) is 4.99. The number of aliphatic hydroxyl groups is 1. The molecule has 1 amide bonds. The van der Waals surface area contributed by atoms with Crippen LogP contribution in [0.1, 0.15) is 5.82 Å². The first-order chi connectivity index (χ1) is 6.63. The Labute approximate surface area is 85.1 Å². The van der Waals surface area contributed by atoms with E-state index >= 15 is 0 Å². The van der Waals surface area contributed by atoms with E-state index in [0.717, 1.165) is 11.5 Å². The lowest BCUT2D eigenvalue weighted by Crippen LogP contribution is -2.31. The van der Waals surface area contributed by atoms with Gasteiger partial charge in [-0.3, -0.25) is 10.1 Å². The predicted molar refractivity (Wildman–Crippen MR) is 51.2 cm³/mol. The fourth-order valence-electron chi connectivity index (χ4n) is 0.770. The number of aliphatic hydroxyl groups excluding tert-OH is 1. The van der Waals surface area contributed by atoms with E-state index < -0.39 is 12.0 Å². The number of nitrogens with one attached hydrogen (secondary N) is 1. The van der Waals surface area contributed by atoms with Gasteiger partial charge < -0.3 is 9.84 Å². The van der Waals surface area contributed by atoms with Gasteiger partial charge in [0.2, 0.25) is 5.13 Å². The first-order valence-corrected chi connectivity index (χ1v) is 4.69. The van der Waals surface area contributed by atoms with Crippen molar-refractivity contribution in [2.45, 2.75) is 13.0 Å². The number of methoxy groups -OCH3 is 1. The van der Waals surface area contributed by atoms with Gasteiger partial charge in [0, 0.05) is 18.6 Å². The molecule has 0 spiro atoms. The van der Waals surface area contributed by atoms with Crippen molar-refractivity contribution in [2.24, 2.45) is 0 Å². The quantitative estimate of drug-likeness (QED) is 0.729. The molecule has 7 heteroatoms. The second-order valence-electron chi connectivity index (χ2n) is 2.61. The Kier molecular flexibility index (Phi) is 3.93. The lowest BCUT2D eigenvalue weighted by Gasteiger charge is -2.07. The summed E-state index contributed by atoms with van der Waals surface area (Å²) in [5.41, 5.74) is 0. The van der Waals surface area contributed by atoms with Gasteiger partial charge in [-0.2, -0.15) is 4.37 Å². The Bertz CT molecular complexity index is 315. The van der Waals surface area contributed by atoms with Crippen LogP contribution in [0, 0.1) is 6.92 Å². The Morgan fingerprint density at radius 3 is 3.00 bits per heavy atom. The summed E-state index contributed by atoms with van der Waals surface area (Å²) in [7, 11) is 1.41.